The molecule has 0 unspecified atom stereocenters. The van der Waals surface area contributed by atoms with Crippen molar-refractivity contribution in [1.29, 1.82) is 0 Å². The van der Waals surface area contributed by atoms with Crippen LogP contribution in [0.2, 0.25) is 0 Å². The Morgan fingerprint density at radius 1 is 1.17 bits per heavy atom. The molecule has 90 valence electrons. The lowest BCUT2D eigenvalue weighted by molar-refractivity contribution is 0.476. The summed E-state index contributed by atoms with van der Waals surface area (Å²) in [6.45, 7) is 0. The van der Waals surface area contributed by atoms with E-state index in [1.165, 1.54) is 23.5 Å². The van der Waals surface area contributed by atoms with Crippen molar-refractivity contribution < 1.29 is 9.50 Å². The first-order valence-corrected chi connectivity index (χ1v) is 6.10. The number of rotatable bonds is 1. The third-order valence-corrected chi connectivity index (χ3v) is 3.67. The smallest absolute Gasteiger partial charge is 0.126 e. The van der Waals surface area contributed by atoms with E-state index in [0.717, 1.165) is 10.2 Å². The molecule has 0 spiro atoms. The van der Waals surface area contributed by atoms with E-state index in [1.54, 1.807) is 24.3 Å². The number of aromatic hydroxyl groups is 1. The first kappa shape index (κ1) is 11.0. The summed E-state index contributed by atoms with van der Waals surface area (Å²) in [5, 5.41) is 10.1. The van der Waals surface area contributed by atoms with Crippen molar-refractivity contribution in [3.63, 3.8) is 0 Å². The standard InChI is InChI=1S/C13H9FN2OS/c14-7-1-3-9(10(15)5-7)13-16-11-4-2-8(17)6-12(11)18-13/h1-6,17H,15H2. The van der Waals surface area contributed by atoms with E-state index in [0.29, 0.717) is 16.3 Å². The summed E-state index contributed by atoms with van der Waals surface area (Å²) in [4.78, 5) is 4.42. The topological polar surface area (TPSA) is 59.1 Å². The van der Waals surface area contributed by atoms with Crippen LogP contribution in [0, 0.1) is 5.82 Å². The number of phenols is 1. The Hall–Kier alpha value is -2.14. The highest BCUT2D eigenvalue weighted by molar-refractivity contribution is 7.21. The van der Waals surface area contributed by atoms with Gasteiger partial charge in [0.05, 0.1) is 10.2 Å². The van der Waals surface area contributed by atoms with Crippen molar-refractivity contribution in [2.45, 2.75) is 0 Å². The van der Waals surface area contributed by atoms with Gasteiger partial charge in [-0.25, -0.2) is 9.37 Å². The number of fused-ring (bicyclic) bond motifs is 1. The Balaban J connectivity index is 2.19. The summed E-state index contributed by atoms with van der Waals surface area (Å²) in [6, 6.07) is 9.22. The molecular formula is C13H9FN2OS. The molecule has 0 atom stereocenters. The van der Waals surface area contributed by atoms with Crippen molar-refractivity contribution in [3.8, 4) is 16.3 Å². The van der Waals surface area contributed by atoms with Crippen LogP contribution in [0.15, 0.2) is 36.4 Å². The summed E-state index contributed by atoms with van der Waals surface area (Å²) < 4.78 is 13.9. The molecule has 0 fully saturated rings. The molecule has 0 bridgehead atoms. The van der Waals surface area contributed by atoms with Gasteiger partial charge in [-0.05, 0) is 36.4 Å². The fourth-order valence-corrected chi connectivity index (χ4v) is 2.80. The lowest BCUT2D eigenvalue weighted by atomic mass is 10.2. The minimum absolute atomic E-state index is 0.199. The minimum atomic E-state index is -0.366. The van der Waals surface area contributed by atoms with Crippen LogP contribution < -0.4 is 5.73 Å². The number of nitrogens with zero attached hydrogens (tertiary/aromatic N) is 1. The van der Waals surface area contributed by atoms with Gasteiger partial charge in [0.2, 0.25) is 0 Å². The lowest BCUT2D eigenvalue weighted by Gasteiger charge is -2.00. The first-order chi connectivity index (χ1) is 8.63. The number of hydrogen-bond acceptors (Lipinski definition) is 4. The minimum Gasteiger partial charge on any atom is -0.508 e. The average molecular weight is 260 g/mol. The van der Waals surface area contributed by atoms with Crippen LogP contribution in [0.5, 0.6) is 5.75 Å². The third-order valence-electron chi connectivity index (χ3n) is 2.62. The van der Waals surface area contributed by atoms with Crippen LogP contribution in [-0.2, 0) is 0 Å². The number of benzene rings is 2. The zero-order valence-electron chi connectivity index (χ0n) is 9.22. The molecule has 18 heavy (non-hydrogen) atoms. The van der Waals surface area contributed by atoms with Gasteiger partial charge in [0.1, 0.15) is 16.6 Å². The maximum absolute atomic E-state index is 13.0. The highest BCUT2D eigenvalue weighted by Crippen LogP contribution is 2.34. The summed E-state index contributed by atoms with van der Waals surface area (Å²) in [6.07, 6.45) is 0. The molecule has 0 radical (unpaired) electrons. The fourth-order valence-electron chi connectivity index (χ4n) is 1.76. The van der Waals surface area contributed by atoms with Crippen LogP contribution >= 0.6 is 11.3 Å². The van der Waals surface area contributed by atoms with E-state index in [1.807, 2.05) is 0 Å². The number of thiazole rings is 1. The molecule has 0 aliphatic rings. The van der Waals surface area contributed by atoms with E-state index in [4.69, 9.17) is 5.73 Å². The molecule has 5 heteroatoms. The Morgan fingerprint density at radius 2 is 2.00 bits per heavy atom. The SMILES string of the molecule is Nc1cc(F)ccc1-c1nc2ccc(O)cc2s1. The molecule has 0 amide bonds. The molecule has 3 rings (SSSR count). The van der Waals surface area contributed by atoms with Gasteiger partial charge >= 0.3 is 0 Å². The second-order valence-corrected chi connectivity index (χ2v) is 4.93. The van der Waals surface area contributed by atoms with Gasteiger partial charge in [-0.1, -0.05) is 0 Å². The van der Waals surface area contributed by atoms with Crippen molar-refractivity contribution in [3.05, 3.63) is 42.2 Å². The summed E-state index contributed by atoms with van der Waals surface area (Å²) in [7, 11) is 0. The predicted molar refractivity (Wildman–Crippen MR) is 71.1 cm³/mol. The number of halogens is 1. The highest BCUT2D eigenvalue weighted by atomic mass is 32.1. The van der Waals surface area contributed by atoms with E-state index in [2.05, 4.69) is 4.98 Å². The van der Waals surface area contributed by atoms with Crippen molar-refractivity contribution in [1.82, 2.24) is 4.98 Å². The molecule has 3 aromatic rings. The van der Waals surface area contributed by atoms with Gasteiger partial charge < -0.3 is 10.8 Å². The fraction of sp³-hybridized carbons (Fsp3) is 0. The molecule has 1 aromatic heterocycles. The van der Waals surface area contributed by atoms with Crippen LogP contribution in [0.1, 0.15) is 0 Å². The zero-order chi connectivity index (χ0) is 12.7. The van der Waals surface area contributed by atoms with Crippen LogP contribution in [0.25, 0.3) is 20.8 Å². The quantitative estimate of drug-likeness (QED) is 0.659. The summed E-state index contributed by atoms with van der Waals surface area (Å²) in [5.41, 5.74) is 7.64. The molecule has 0 saturated heterocycles. The maximum Gasteiger partial charge on any atom is 0.126 e. The van der Waals surface area contributed by atoms with E-state index >= 15 is 0 Å². The van der Waals surface area contributed by atoms with Gasteiger partial charge in [-0.15, -0.1) is 11.3 Å². The van der Waals surface area contributed by atoms with Crippen LogP contribution in [0.3, 0.4) is 0 Å². The number of hydrogen-bond donors (Lipinski definition) is 2. The lowest BCUT2D eigenvalue weighted by Crippen LogP contribution is -1.90. The maximum atomic E-state index is 13.0. The largest absolute Gasteiger partial charge is 0.508 e. The molecule has 0 saturated carbocycles. The Morgan fingerprint density at radius 3 is 2.78 bits per heavy atom. The third kappa shape index (κ3) is 1.78. The van der Waals surface area contributed by atoms with Crippen LogP contribution in [0.4, 0.5) is 10.1 Å². The van der Waals surface area contributed by atoms with Crippen LogP contribution in [-0.4, -0.2) is 10.1 Å². The van der Waals surface area contributed by atoms with Gasteiger partial charge in [-0.3, -0.25) is 0 Å². The summed E-state index contributed by atoms with van der Waals surface area (Å²) in [5.74, 6) is -0.167. The van der Waals surface area contributed by atoms with E-state index in [-0.39, 0.29) is 11.6 Å². The molecule has 2 aromatic carbocycles. The predicted octanol–water partition coefficient (Wildman–Crippen LogP) is 3.39. The van der Waals surface area contributed by atoms with Gasteiger partial charge in [0.15, 0.2) is 0 Å². The van der Waals surface area contributed by atoms with Gasteiger partial charge in [0, 0.05) is 11.3 Å². The monoisotopic (exact) mass is 260 g/mol. The molecule has 1 heterocycles. The molecule has 0 aliphatic heterocycles. The Bertz CT molecular complexity index is 739. The number of anilines is 1. The number of phenolic OH excluding ortho intramolecular Hbond substituents is 1. The average Bonchev–Trinajstić information content (AvgIpc) is 2.71. The van der Waals surface area contributed by atoms with Gasteiger partial charge in [0.25, 0.3) is 0 Å². The molecule has 0 aliphatic carbocycles. The van der Waals surface area contributed by atoms with Crippen molar-refractivity contribution in [2.75, 3.05) is 5.73 Å². The van der Waals surface area contributed by atoms with E-state index < -0.39 is 0 Å². The number of nitrogens with two attached hydrogens (primary N) is 1. The molecule has 3 nitrogen and oxygen atoms in total. The number of nitrogen functional groups attached to an aromatic ring is 1. The van der Waals surface area contributed by atoms with Crippen molar-refractivity contribution in [2.24, 2.45) is 0 Å². The van der Waals surface area contributed by atoms with E-state index in [9.17, 15) is 9.50 Å². The Labute approximate surface area is 106 Å². The van der Waals surface area contributed by atoms with Crippen molar-refractivity contribution >= 4 is 27.2 Å². The second-order valence-electron chi connectivity index (χ2n) is 3.90. The molecular weight excluding hydrogens is 251 g/mol. The zero-order valence-corrected chi connectivity index (χ0v) is 10.0. The molecule has 3 N–H and O–H groups in total. The Kier molecular flexibility index (Phi) is 2.41. The highest BCUT2D eigenvalue weighted by Gasteiger charge is 2.10. The normalized spacial score (nSPS) is 10.9. The first-order valence-electron chi connectivity index (χ1n) is 5.28. The second kappa shape index (κ2) is 3.96. The number of aromatic nitrogens is 1. The van der Waals surface area contributed by atoms with Gasteiger partial charge in [-0.2, -0.15) is 0 Å². The summed E-state index contributed by atoms with van der Waals surface area (Å²) >= 11 is 1.41.